The van der Waals surface area contributed by atoms with Crippen LogP contribution in [-0.2, 0) is 0 Å². The van der Waals surface area contributed by atoms with Gasteiger partial charge in [0.2, 0.25) is 0 Å². The van der Waals surface area contributed by atoms with E-state index in [1.807, 2.05) is 35.4 Å². The summed E-state index contributed by atoms with van der Waals surface area (Å²) in [6.45, 7) is 5.20. The van der Waals surface area contributed by atoms with Crippen LogP contribution < -0.4 is 15.0 Å². The minimum absolute atomic E-state index is 0.113. The van der Waals surface area contributed by atoms with Crippen LogP contribution in [0.4, 0.5) is 20.6 Å². The number of likely N-dealkylation sites (tertiary alicyclic amines) is 1. The normalized spacial score (nSPS) is 17.9. The number of likely N-dealkylation sites (N-methyl/N-ethyl adjacent to an activating group) is 1. The van der Waals surface area contributed by atoms with Crippen molar-refractivity contribution in [2.45, 2.75) is 18.8 Å². The zero-order valence-corrected chi connectivity index (χ0v) is 19.8. The number of urea groups is 1. The van der Waals surface area contributed by atoms with Crippen LogP contribution in [0.2, 0.25) is 0 Å². The van der Waals surface area contributed by atoms with Crippen LogP contribution in [0.25, 0.3) is 10.9 Å². The maximum Gasteiger partial charge on any atom is 0.321 e. The summed E-state index contributed by atoms with van der Waals surface area (Å²) in [5.41, 5.74) is 3.61. The van der Waals surface area contributed by atoms with E-state index < -0.39 is 0 Å². The molecule has 2 fully saturated rings. The smallest absolute Gasteiger partial charge is 0.321 e. The summed E-state index contributed by atoms with van der Waals surface area (Å²) in [4.78, 5) is 22.6. The summed E-state index contributed by atoms with van der Waals surface area (Å²) in [7, 11) is 3.80. The number of nitrogens with one attached hydrogen (secondary N) is 2. The number of hydrogen-bond donors (Lipinski definition) is 2. The van der Waals surface area contributed by atoms with Crippen molar-refractivity contribution in [1.82, 2.24) is 14.8 Å². The number of nitrogens with zero attached hydrogens (tertiary/aromatic N) is 3. The first kappa shape index (κ1) is 22.5. The first-order chi connectivity index (χ1) is 16.5. The third kappa shape index (κ3) is 4.42. The van der Waals surface area contributed by atoms with Crippen LogP contribution in [0.3, 0.4) is 0 Å². The van der Waals surface area contributed by atoms with Gasteiger partial charge in [0.1, 0.15) is 11.6 Å². The molecule has 3 heterocycles. The molecule has 0 bridgehead atoms. The highest BCUT2D eigenvalue weighted by Gasteiger charge is 2.27. The number of carbonyl (C=O) groups is 1. The Morgan fingerprint density at radius 1 is 1.09 bits per heavy atom. The van der Waals surface area contributed by atoms with Gasteiger partial charge in [-0.1, -0.05) is 6.07 Å². The first-order valence-corrected chi connectivity index (χ1v) is 12.0. The molecule has 0 radical (unpaired) electrons. The molecule has 0 spiro atoms. The van der Waals surface area contributed by atoms with Crippen LogP contribution >= 0.6 is 0 Å². The largest absolute Gasteiger partial charge is 0.495 e. The number of halogens is 1. The number of amides is 2. The number of methoxy groups -OCH3 is 1. The highest BCUT2D eigenvalue weighted by Crippen LogP contribution is 2.35. The maximum atomic E-state index is 14.4. The Kier molecular flexibility index (Phi) is 6.32. The molecule has 0 saturated carbocycles. The minimum Gasteiger partial charge on any atom is -0.495 e. The van der Waals surface area contributed by atoms with Crippen LogP contribution in [0.15, 0.2) is 42.6 Å². The van der Waals surface area contributed by atoms with E-state index in [-0.39, 0.29) is 17.8 Å². The van der Waals surface area contributed by atoms with Gasteiger partial charge in [-0.3, -0.25) is 0 Å². The second kappa shape index (κ2) is 9.54. The number of benzene rings is 2. The third-order valence-corrected chi connectivity index (χ3v) is 7.18. The standard InChI is InChI=1S/C26H32FN5O2/c1-30-12-14-31(15-13-30)23-7-6-19(16-24(23)34-2)29-26(33)32-10-8-18(9-11-32)20-17-28-22-5-3-4-21(27)25(20)22/h3-7,16-18,28H,8-15H2,1-2H3,(H,29,33). The van der Waals surface area contributed by atoms with Gasteiger partial charge in [-0.15, -0.1) is 0 Å². The fraction of sp³-hybridized carbons (Fsp3) is 0.423. The molecule has 2 aliphatic rings. The Balaban J connectivity index is 1.21. The summed E-state index contributed by atoms with van der Waals surface area (Å²) >= 11 is 0. The molecule has 3 aromatic rings. The molecule has 2 amide bonds. The second-order valence-corrected chi connectivity index (χ2v) is 9.27. The highest BCUT2D eigenvalue weighted by atomic mass is 19.1. The van der Waals surface area contributed by atoms with Gasteiger partial charge in [0, 0.05) is 68.1 Å². The van der Waals surface area contributed by atoms with E-state index >= 15 is 0 Å². The molecule has 180 valence electrons. The summed E-state index contributed by atoms with van der Waals surface area (Å²) in [5.74, 6) is 0.808. The average molecular weight is 466 g/mol. The van der Waals surface area contributed by atoms with E-state index in [1.165, 1.54) is 6.07 Å². The summed E-state index contributed by atoms with van der Waals surface area (Å²) in [6, 6.07) is 10.9. The summed E-state index contributed by atoms with van der Waals surface area (Å²) in [5, 5.41) is 3.70. The van der Waals surface area contributed by atoms with Gasteiger partial charge < -0.3 is 29.7 Å². The summed E-state index contributed by atoms with van der Waals surface area (Å²) in [6.07, 6.45) is 3.53. The molecule has 2 N–H and O–H groups in total. The average Bonchev–Trinajstić information content (AvgIpc) is 3.30. The molecule has 0 unspecified atom stereocenters. The predicted octanol–water partition coefficient (Wildman–Crippen LogP) is 4.48. The molecule has 5 rings (SSSR count). The van der Waals surface area contributed by atoms with Gasteiger partial charge in [-0.05, 0) is 55.6 Å². The molecule has 2 aromatic carbocycles. The number of H-pyrrole nitrogens is 1. The number of piperazine rings is 1. The molecule has 2 saturated heterocycles. The van der Waals surface area contributed by atoms with Gasteiger partial charge in [0.05, 0.1) is 12.8 Å². The molecular weight excluding hydrogens is 433 g/mol. The van der Waals surface area contributed by atoms with Crippen molar-refractivity contribution in [3.8, 4) is 5.75 Å². The van der Waals surface area contributed by atoms with E-state index in [2.05, 4.69) is 27.1 Å². The zero-order valence-electron chi connectivity index (χ0n) is 19.8. The molecule has 2 aliphatic heterocycles. The van der Waals surface area contributed by atoms with Gasteiger partial charge in [-0.2, -0.15) is 0 Å². The summed E-state index contributed by atoms with van der Waals surface area (Å²) < 4.78 is 20.0. The van der Waals surface area contributed by atoms with Crippen LogP contribution in [0.1, 0.15) is 24.3 Å². The van der Waals surface area contributed by atoms with Gasteiger partial charge in [0.25, 0.3) is 0 Å². The van der Waals surface area contributed by atoms with E-state index in [0.29, 0.717) is 18.5 Å². The number of aromatic nitrogens is 1. The monoisotopic (exact) mass is 465 g/mol. The fourth-order valence-corrected chi connectivity index (χ4v) is 5.15. The maximum absolute atomic E-state index is 14.4. The number of carbonyl (C=O) groups excluding carboxylic acids is 1. The van der Waals surface area contributed by atoms with Crippen LogP contribution in [-0.4, -0.2) is 74.2 Å². The lowest BCUT2D eigenvalue weighted by molar-refractivity contribution is 0.194. The molecule has 1 aromatic heterocycles. The lowest BCUT2D eigenvalue weighted by Gasteiger charge is -2.35. The van der Waals surface area contributed by atoms with Crippen LogP contribution in [0, 0.1) is 5.82 Å². The Morgan fingerprint density at radius 3 is 2.59 bits per heavy atom. The molecule has 7 nitrogen and oxygen atoms in total. The lowest BCUT2D eigenvalue weighted by atomic mass is 9.89. The van der Waals surface area contributed by atoms with Gasteiger partial charge in [0.15, 0.2) is 0 Å². The number of aromatic amines is 1. The topological polar surface area (TPSA) is 63.8 Å². The number of ether oxygens (including phenoxy) is 1. The quantitative estimate of drug-likeness (QED) is 0.597. The van der Waals surface area contributed by atoms with Crippen LogP contribution in [0.5, 0.6) is 5.75 Å². The molecule has 8 heteroatoms. The highest BCUT2D eigenvalue weighted by molar-refractivity contribution is 5.90. The zero-order chi connectivity index (χ0) is 23.7. The van der Waals surface area contributed by atoms with E-state index in [1.54, 1.807) is 13.2 Å². The van der Waals surface area contributed by atoms with Crippen molar-refractivity contribution in [3.05, 3.63) is 54.0 Å². The number of anilines is 2. The second-order valence-electron chi connectivity index (χ2n) is 9.27. The van der Waals surface area contributed by atoms with Crippen molar-refractivity contribution in [2.24, 2.45) is 0 Å². The molecule has 0 aliphatic carbocycles. The number of fused-ring (bicyclic) bond motifs is 1. The Labute approximate surface area is 199 Å². The molecular formula is C26H32FN5O2. The Hall–Kier alpha value is -3.26. The fourth-order valence-electron chi connectivity index (χ4n) is 5.15. The Bertz CT molecular complexity index is 1160. The number of rotatable bonds is 4. The number of piperidine rings is 1. The molecule has 0 atom stereocenters. The Morgan fingerprint density at radius 2 is 1.85 bits per heavy atom. The predicted molar refractivity (Wildman–Crippen MR) is 134 cm³/mol. The molecule has 34 heavy (non-hydrogen) atoms. The number of hydrogen-bond acceptors (Lipinski definition) is 4. The van der Waals surface area contributed by atoms with Crippen molar-refractivity contribution in [2.75, 3.05) is 63.6 Å². The lowest BCUT2D eigenvalue weighted by Crippen LogP contribution is -2.44. The SMILES string of the molecule is COc1cc(NC(=O)N2CCC(c3c[nH]c4cccc(F)c34)CC2)ccc1N1CCN(C)CC1. The third-order valence-electron chi connectivity index (χ3n) is 7.18. The van der Waals surface area contributed by atoms with Crippen molar-refractivity contribution in [1.29, 1.82) is 0 Å². The van der Waals surface area contributed by atoms with E-state index in [9.17, 15) is 9.18 Å². The minimum atomic E-state index is -0.192. The van der Waals surface area contributed by atoms with Crippen molar-refractivity contribution < 1.29 is 13.9 Å². The van der Waals surface area contributed by atoms with Gasteiger partial charge >= 0.3 is 6.03 Å². The van der Waals surface area contributed by atoms with E-state index in [4.69, 9.17) is 4.74 Å². The van der Waals surface area contributed by atoms with Gasteiger partial charge in [-0.25, -0.2) is 9.18 Å². The van der Waals surface area contributed by atoms with Crippen molar-refractivity contribution >= 4 is 28.3 Å². The van der Waals surface area contributed by atoms with Crippen molar-refractivity contribution in [3.63, 3.8) is 0 Å². The van der Waals surface area contributed by atoms with E-state index in [0.717, 1.165) is 67.2 Å². The first-order valence-electron chi connectivity index (χ1n) is 12.0.